The topological polar surface area (TPSA) is 24.9 Å². The van der Waals surface area contributed by atoms with Gasteiger partial charge in [0.05, 0.1) is 11.9 Å². The van der Waals surface area contributed by atoms with E-state index in [-0.39, 0.29) is 5.41 Å². The highest BCUT2D eigenvalue weighted by molar-refractivity contribution is 5.94. The van der Waals surface area contributed by atoms with E-state index in [9.17, 15) is 0 Å². The first-order chi connectivity index (χ1) is 10.0. The van der Waals surface area contributed by atoms with Gasteiger partial charge in [-0.3, -0.25) is 4.98 Å². The normalized spacial score (nSPS) is 11.6. The highest BCUT2D eigenvalue weighted by Crippen LogP contribution is 2.28. The molecular weight excluding hydrogens is 256 g/mol. The van der Waals surface area contributed by atoms with Gasteiger partial charge in [0.15, 0.2) is 0 Å². The number of pyridine rings is 1. The standard InChI is InChI=1S/C19H20N2/c1-19(2,3)15-8-6-9-16(11-15)21-18-13-20-12-14-7-4-5-10-17(14)18/h4-13,21H,1-3H3. The lowest BCUT2D eigenvalue weighted by atomic mass is 9.87. The minimum Gasteiger partial charge on any atom is -0.354 e. The Kier molecular flexibility index (Phi) is 3.38. The fourth-order valence-corrected chi connectivity index (χ4v) is 2.44. The molecule has 3 aromatic rings. The molecule has 0 saturated carbocycles. The van der Waals surface area contributed by atoms with Gasteiger partial charge >= 0.3 is 0 Å². The van der Waals surface area contributed by atoms with Crippen molar-refractivity contribution < 1.29 is 0 Å². The number of nitrogens with zero attached hydrogens (tertiary/aromatic N) is 1. The molecule has 0 spiro atoms. The molecule has 1 N–H and O–H groups in total. The lowest BCUT2D eigenvalue weighted by Crippen LogP contribution is -2.11. The largest absolute Gasteiger partial charge is 0.354 e. The van der Waals surface area contributed by atoms with E-state index in [2.05, 4.69) is 73.5 Å². The monoisotopic (exact) mass is 276 g/mol. The van der Waals surface area contributed by atoms with Crippen molar-refractivity contribution in [1.82, 2.24) is 4.98 Å². The number of fused-ring (bicyclic) bond motifs is 1. The van der Waals surface area contributed by atoms with Crippen LogP contribution < -0.4 is 5.32 Å². The molecule has 0 saturated heterocycles. The molecule has 0 atom stereocenters. The summed E-state index contributed by atoms with van der Waals surface area (Å²) >= 11 is 0. The van der Waals surface area contributed by atoms with Gasteiger partial charge in [-0.25, -0.2) is 0 Å². The zero-order chi connectivity index (χ0) is 14.9. The third-order valence-corrected chi connectivity index (χ3v) is 3.68. The molecule has 1 heterocycles. The zero-order valence-electron chi connectivity index (χ0n) is 12.7. The maximum absolute atomic E-state index is 4.32. The second kappa shape index (κ2) is 5.21. The lowest BCUT2D eigenvalue weighted by Gasteiger charge is -2.20. The summed E-state index contributed by atoms with van der Waals surface area (Å²) in [7, 11) is 0. The molecule has 0 aliphatic heterocycles. The van der Waals surface area contributed by atoms with E-state index < -0.39 is 0 Å². The molecule has 0 aliphatic rings. The van der Waals surface area contributed by atoms with E-state index in [1.807, 2.05) is 18.5 Å². The van der Waals surface area contributed by atoms with Crippen molar-refractivity contribution in [2.45, 2.75) is 26.2 Å². The molecule has 2 nitrogen and oxygen atoms in total. The van der Waals surface area contributed by atoms with Crippen molar-refractivity contribution >= 4 is 22.1 Å². The molecule has 1 aromatic heterocycles. The van der Waals surface area contributed by atoms with Crippen LogP contribution in [0.25, 0.3) is 10.8 Å². The summed E-state index contributed by atoms with van der Waals surface area (Å²) in [6.07, 6.45) is 3.78. The Balaban J connectivity index is 1.99. The Bertz CT molecular complexity index is 764. The second-order valence-electron chi connectivity index (χ2n) is 6.36. The minimum absolute atomic E-state index is 0.148. The first kappa shape index (κ1) is 13.6. The fourth-order valence-electron chi connectivity index (χ4n) is 2.44. The third-order valence-electron chi connectivity index (χ3n) is 3.68. The third kappa shape index (κ3) is 2.89. The van der Waals surface area contributed by atoms with Crippen LogP contribution in [-0.2, 0) is 5.41 Å². The summed E-state index contributed by atoms with van der Waals surface area (Å²) in [5.74, 6) is 0. The average Bonchev–Trinajstić information content (AvgIpc) is 2.47. The molecule has 0 radical (unpaired) electrons. The Labute approximate surface area is 125 Å². The van der Waals surface area contributed by atoms with Crippen LogP contribution in [0.15, 0.2) is 60.9 Å². The molecular formula is C19H20N2. The molecule has 0 aliphatic carbocycles. The number of hydrogen-bond donors (Lipinski definition) is 1. The van der Waals surface area contributed by atoms with Gasteiger partial charge in [0.1, 0.15) is 0 Å². The molecule has 3 rings (SSSR count). The Morgan fingerprint density at radius 3 is 2.52 bits per heavy atom. The number of benzene rings is 2. The molecule has 0 unspecified atom stereocenters. The van der Waals surface area contributed by atoms with E-state index in [0.717, 1.165) is 16.8 Å². The van der Waals surface area contributed by atoms with E-state index >= 15 is 0 Å². The van der Waals surface area contributed by atoms with Crippen LogP contribution in [0.1, 0.15) is 26.3 Å². The molecule has 2 heteroatoms. The van der Waals surface area contributed by atoms with Gasteiger partial charge in [0.25, 0.3) is 0 Å². The van der Waals surface area contributed by atoms with E-state index in [1.165, 1.54) is 10.9 Å². The lowest BCUT2D eigenvalue weighted by molar-refractivity contribution is 0.590. The molecule has 0 bridgehead atoms. The predicted octanol–water partition coefficient (Wildman–Crippen LogP) is 5.28. The van der Waals surface area contributed by atoms with Gasteiger partial charge in [0, 0.05) is 22.7 Å². The number of rotatable bonds is 2. The fraction of sp³-hybridized carbons (Fsp3) is 0.211. The highest BCUT2D eigenvalue weighted by Gasteiger charge is 2.13. The van der Waals surface area contributed by atoms with E-state index in [1.54, 1.807) is 0 Å². The van der Waals surface area contributed by atoms with Crippen molar-refractivity contribution in [3.63, 3.8) is 0 Å². The maximum atomic E-state index is 4.32. The van der Waals surface area contributed by atoms with Crippen molar-refractivity contribution in [3.05, 3.63) is 66.5 Å². The van der Waals surface area contributed by atoms with Crippen LogP contribution in [0.3, 0.4) is 0 Å². The van der Waals surface area contributed by atoms with Crippen molar-refractivity contribution in [3.8, 4) is 0 Å². The molecule has 106 valence electrons. The first-order valence-corrected chi connectivity index (χ1v) is 7.24. The molecule has 21 heavy (non-hydrogen) atoms. The quantitative estimate of drug-likeness (QED) is 0.689. The van der Waals surface area contributed by atoms with Gasteiger partial charge in [-0.2, -0.15) is 0 Å². The van der Waals surface area contributed by atoms with Crippen LogP contribution in [0.2, 0.25) is 0 Å². The van der Waals surface area contributed by atoms with Crippen molar-refractivity contribution in [1.29, 1.82) is 0 Å². The molecule has 0 fully saturated rings. The summed E-state index contributed by atoms with van der Waals surface area (Å²) < 4.78 is 0. The average molecular weight is 276 g/mol. The van der Waals surface area contributed by atoms with Crippen LogP contribution in [0.5, 0.6) is 0 Å². The second-order valence-corrected chi connectivity index (χ2v) is 6.36. The van der Waals surface area contributed by atoms with Gasteiger partial charge in [-0.1, -0.05) is 57.2 Å². The smallest absolute Gasteiger partial charge is 0.0650 e. The van der Waals surface area contributed by atoms with Crippen molar-refractivity contribution in [2.24, 2.45) is 0 Å². The Hall–Kier alpha value is -2.35. The number of nitrogens with one attached hydrogen (secondary N) is 1. The summed E-state index contributed by atoms with van der Waals surface area (Å²) in [4.78, 5) is 4.32. The minimum atomic E-state index is 0.148. The number of hydrogen-bond acceptors (Lipinski definition) is 2. The molecule has 2 aromatic carbocycles. The number of anilines is 2. The van der Waals surface area contributed by atoms with Crippen LogP contribution in [0, 0.1) is 0 Å². The summed E-state index contributed by atoms with van der Waals surface area (Å²) in [5, 5.41) is 5.83. The van der Waals surface area contributed by atoms with Crippen molar-refractivity contribution in [2.75, 3.05) is 5.32 Å². The van der Waals surface area contributed by atoms with Gasteiger partial charge in [-0.05, 0) is 23.1 Å². The van der Waals surface area contributed by atoms with E-state index in [0.29, 0.717) is 0 Å². The summed E-state index contributed by atoms with van der Waals surface area (Å²) in [6.45, 7) is 6.68. The van der Waals surface area contributed by atoms with Gasteiger partial charge < -0.3 is 5.32 Å². The number of aromatic nitrogens is 1. The SMILES string of the molecule is CC(C)(C)c1cccc(Nc2cncc3ccccc23)c1. The summed E-state index contributed by atoms with van der Waals surface area (Å²) in [5.41, 5.74) is 3.61. The van der Waals surface area contributed by atoms with Crippen LogP contribution in [-0.4, -0.2) is 4.98 Å². The van der Waals surface area contributed by atoms with Crippen LogP contribution in [0.4, 0.5) is 11.4 Å². The predicted molar refractivity (Wildman–Crippen MR) is 90.2 cm³/mol. The van der Waals surface area contributed by atoms with Gasteiger partial charge in [0.2, 0.25) is 0 Å². The maximum Gasteiger partial charge on any atom is 0.0650 e. The first-order valence-electron chi connectivity index (χ1n) is 7.24. The van der Waals surface area contributed by atoms with Gasteiger partial charge in [-0.15, -0.1) is 0 Å². The summed E-state index contributed by atoms with van der Waals surface area (Å²) in [6, 6.07) is 16.9. The molecule has 0 amide bonds. The zero-order valence-corrected chi connectivity index (χ0v) is 12.7. The highest BCUT2D eigenvalue weighted by atomic mass is 14.9. The van der Waals surface area contributed by atoms with E-state index in [4.69, 9.17) is 0 Å². The Morgan fingerprint density at radius 1 is 0.905 bits per heavy atom. The Morgan fingerprint density at radius 2 is 1.71 bits per heavy atom. The van der Waals surface area contributed by atoms with Crippen LogP contribution >= 0.6 is 0 Å².